The Balaban J connectivity index is 2.20. The third-order valence-electron chi connectivity index (χ3n) is 2.23. The van der Waals surface area contributed by atoms with E-state index >= 15 is 0 Å². The molecule has 0 aliphatic heterocycles. The Kier molecular flexibility index (Phi) is 3.19. The minimum absolute atomic E-state index is 0.271. The second-order valence-corrected chi connectivity index (χ2v) is 4.81. The molecule has 0 heterocycles. The molecule has 0 saturated heterocycles. The molecule has 80 valence electrons. The molecule has 3 heteroatoms. The summed E-state index contributed by atoms with van der Waals surface area (Å²) >= 11 is 0. The van der Waals surface area contributed by atoms with Gasteiger partial charge in [-0.15, -0.1) is 6.58 Å². The fourth-order valence-corrected chi connectivity index (χ4v) is 1.45. The quantitative estimate of drug-likeness (QED) is 0.691. The maximum absolute atomic E-state index is 11.3. The van der Waals surface area contributed by atoms with Crippen LogP contribution in [0.25, 0.3) is 0 Å². The van der Waals surface area contributed by atoms with Crippen LogP contribution in [-0.2, 0) is 4.74 Å². The lowest BCUT2D eigenvalue weighted by atomic mass is 9.80. The van der Waals surface area contributed by atoms with Crippen LogP contribution in [0.4, 0.5) is 4.79 Å². The van der Waals surface area contributed by atoms with Gasteiger partial charge in [0.2, 0.25) is 0 Å². The molecule has 1 saturated carbocycles. The number of nitrogens with one attached hydrogen (secondary N) is 1. The summed E-state index contributed by atoms with van der Waals surface area (Å²) < 4.78 is 5.14. The van der Waals surface area contributed by atoms with Crippen molar-refractivity contribution in [3.05, 3.63) is 12.7 Å². The van der Waals surface area contributed by atoms with Crippen LogP contribution < -0.4 is 5.32 Å². The highest BCUT2D eigenvalue weighted by Gasteiger charge is 2.29. The molecule has 0 atom stereocenters. The number of ether oxygens (including phenoxy) is 1. The van der Waals surface area contributed by atoms with Crippen LogP contribution in [0.3, 0.4) is 0 Å². The molecule has 1 aliphatic rings. The fourth-order valence-electron chi connectivity index (χ4n) is 1.45. The summed E-state index contributed by atoms with van der Waals surface area (Å²) in [6, 6.07) is 0.271. The summed E-state index contributed by atoms with van der Waals surface area (Å²) in [7, 11) is 0. The molecule has 0 spiro atoms. The van der Waals surface area contributed by atoms with E-state index in [4.69, 9.17) is 4.74 Å². The monoisotopic (exact) mass is 197 g/mol. The Morgan fingerprint density at radius 2 is 2.07 bits per heavy atom. The highest BCUT2D eigenvalue weighted by Crippen LogP contribution is 2.28. The lowest BCUT2D eigenvalue weighted by Gasteiger charge is -2.34. The lowest BCUT2D eigenvalue weighted by Crippen LogP contribution is -2.45. The summed E-state index contributed by atoms with van der Waals surface area (Å²) in [5, 5.41) is 2.83. The molecular formula is C11H19NO2. The van der Waals surface area contributed by atoms with Crippen LogP contribution in [0.15, 0.2) is 12.7 Å². The predicted octanol–water partition coefficient (Wildman–Crippen LogP) is 2.48. The predicted molar refractivity (Wildman–Crippen MR) is 56.1 cm³/mol. The van der Waals surface area contributed by atoms with Gasteiger partial charge in [-0.3, -0.25) is 0 Å². The Bertz CT molecular complexity index is 224. The van der Waals surface area contributed by atoms with E-state index < -0.39 is 5.60 Å². The summed E-state index contributed by atoms with van der Waals surface area (Å²) in [5.74, 6) is 0.565. The second-order valence-electron chi connectivity index (χ2n) is 4.81. The van der Waals surface area contributed by atoms with Crippen LogP contribution in [-0.4, -0.2) is 17.7 Å². The number of carbonyl (C=O) groups excluding carboxylic acids is 1. The summed E-state index contributed by atoms with van der Waals surface area (Å²) in [4.78, 5) is 11.3. The number of carbonyl (C=O) groups is 1. The van der Waals surface area contributed by atoms with Crippen LogP contribution in [0, 0.1) is 5.92 Å². The first kappa shape index (κ1) is 11.1. The van der Waals surface area contributed by atoms with E-state index in [0.717, 1.165) is 12.8 Å². The molecule has 1 N–H and O–H groups in total. The van der Waals surface area contributed by atoms with Crippen molar-refractivity contribution < 1.29 is 9.53 Å². The van der Waals surface area contributed by atoms with Crippen molar-refractivity contribution in [2.45, 2.75) is 45.3 Å². The molecule has 0 bridgehead atoms. The number of amides is 1. The average Bonchev–Trinajstić information content (AvgIpc) is 1.91. The van der Waals surface area contributed by atoms with Gasteiger partial charge in [0.25, 0.3) is 0 Å². The smallest absolute Gasteiger partial charge is 0.407 e. The number of alkyl carbamates (subject to hydrolysis) is 1. The topological polar surface area (TPSA) is 38.3 Å². The van der Waals surface area contributed by atoms with Crippen molar-refractivity contribution in [3.63, 3.8) is 0 Å². The summed E-state index contributed by atoms with van der Waals surface area (Å²) in [6.07, 6.45) is 3.60. The maximum atomic E-state index is 11.3. The van der Waals surface area contributed by atoms with Gasteiger partial charge >= 0.3 is 6.09 Å². The molecule has 0 aromatic carbocycles. The van der Waals surface area contributed by atoms with E-state index in [9.17, 15) is 4.79 Å². The zero-order valence-corrected chi connectivity index (χ0v) is 9.17. The molecule has 0 unspecified atom stereocenters. The van der Waals surface area contributed by atoms with Gasteiger partial charge < -0.3 is 10.1 Å². The highest BCUT2D eigenvalue weighted by atomic mass is 16.6. The van der Waals surface area contributed by atoms with E-state index in [1.807, 2.05) is 26.8 Å². The van der Waals surface area contributed by atoms with Crippen molar-refractivity contribution in [3.8, 4) is 0 Å². The molecule has 1 amide bonds. The number of hydrogen-bond donors (Lipinski definition) is 1. The Morgan fingerprint density at radius 3 is 2.50 bits per heavy atom. The molecule has 1 rings (SSSR count). The molecule has 14 heavy (non-hydrogen) atoms. The van der Waals surface area contributed by atoms with E-state index in [1.165, 1.54) is 0 Å². The Labute approximate surface area is 85.5 Å². The first-order valence-corrected chi connectivity index (χ1v) is 5.03. The minimum atomic E-state index is -0.411. The third kappa shape index (κ3) is 3.40. The second kappa shape index (κ2) is 4.03. The van der Waals surface area contributed by atoms with Crippen LogP contribution >= 0.6 is 0 Å². The van der Waals surface area contributed by atoms with Crippen molar-refractivity contribution in [2.75, 3.05) is 0 Å². The number of allylic oxidation sites excluding steroid dienone is 1. The zero-order valence-electron chi connectivity index (χ0n) is 9.17. The van der Waals surface area contributed by atoms with Gasteiger partial charge in [0, 0.05) is 6.04 Å². The van der Waals surface area contributed by atoms with Gasteiger partial charge in [0.15, 0.2) is 0 Å². The zero-order chi connectivity index (χ0) is 10.8. The van der Waals surface area contributed by atoms with Crippen molar-refractivity contribution in [1.82, 2.24) is 5.32 Å². The van der Waals surface area contributed by atoms with Gasteiger partial charge in [0.05, 0.1) is 0 Å². The van der Waals surface area contributed by atoms with Gasteiger partial charge in [-0.2, -0.15) is 0 Å². The third-order valence-corrected chi connectivity index (χ3v) is 2.23. The Hall–Kier alpha value is -0.990. The van der Waals surface area contributed by atoms with Crippen molar-refractivity contribution in [2.24, 2.45) is 5.92 Å². The van der Waals surface area contributed by atoms with Gasteiger partial charge in [0.1, 0.15) is 5.60 Å². The largest absolute Gasteiger partial charge is 0.444 e. The fraction of sp³-hybridized carbons (Fsp3) is 0.727. The highest BCUT2D eigenvalue weighted by molar-refractivity contribution is 5.68. The molecular weight excluding hydrogens is 178 g/mol. The maximum Gasteiger partial charge on any atom is 0.407 e. The molecule has 0 aromatic rings. The molecule has 1 aliphatic carbocycles. The van der Waals surface area contributed by atoms with Gasteiger partial charge in [-0.25, -0.2) is 4.79 Å². The molecule has 0 aromatic heterocycles. The van der Waals surface area contributed by atoms with E-state index in [-0.39, 0.29) is 12.1 Å². The van der Waals surface area contributed by atoms with E-state index in [0.29, 0.717) is 5.92 Å². The molecule has 1 fully saturated rings. The lowest BCUT2D eigenvalue weighted by molar-refractivity contribution is 0.0465. The first-order valence-electron chi connectivity index (χ1n) is 5.03. The SMILES string of the molecule is C=C[C@H]1C[C@@H](NC(=O)OC(C)(C)C)C1. The average molecular weight is 197 g/mol. The van der Waals surface area contributed by atoms with Crippen LogP contribution in [0.5, 0.6) is 0 Å². The van der Waals surface area contributed by atoms with E-state index in [2.05, 4.69) is 11.9 Å². The Morgan fingerprint density at radius 1 is 1.50 bits per heavy atom. The summed E-state index contributed by atoms with van der Waals surface area (Å²) in [6.45, 7) is 9.29. The number of rotatable bonds is 2. The van der Waals surface area contributed by atoms with Crippen molar-refractivity contribution in [1.29, 1.82) is 0 Å². The standard InChI is InChI=1S/C11H19NO2/c1-5-8-6-9(7-8)12-10(13)14-11(2,3)4/h5,8-9H,1,6-7H2,2-4H3,(H,12,13)/t8-,9+. The van der Waals surface area contributed by atoms with E-state index in [1.54, 1.807) is 0 Å². The van der Waals surface area contributed by atoms with Crippen molar-refractivity contribution >= 4 is 6.09 Å². The van der Waals surface area contributed by atoms with Crippen LogP contribution in [0.1, 0.15) is 33.6 Å². The first-order chi connectivity index (χ1) is 6.40. The molecule has 3 nitrogen and oxygen atoms in total. The van der Waals surface area contributed by atoms with Crippen LogP contribution in [0.2, 0.25) is 0 Å². The summed E-state index contributed by atoms with van der Waals surface area (Å²) in [5.41, 5.74) is -0.411. The minimum Gasteiger partial charge on any atom is -0.444 e. The number of hydrogen-bond acceptors (Lipinski definition) is 2. The van der Waals surface area contributed by atoms with Gasteiger partial charge in [-0.05, 0) is 39.5 Å². The molecule has 0 radical (unpaired) electrons. The normalized spacial score (nSPS) is 26.2. The van der Waals surface area contributed by atoms with Gasteiger partial charge in [-0.1, -0.05) is 6.08 Å².